The van der Waals surface area contributed by atoms with Gasteiger partial charge in [0, 0.05) is 32.6 Å². The Balaban J connectivity index is 1.61. The van der Waals surface area contributed by atoms with Crippen LogP contribution in [0.5, 0.6) is 0 Å². The number of thioether (sulfide) groups is 2. The summed E-state index contributed by atoms with van der Waals surface area (Å²) < 4.78 is 7.14. The van der Waals surface area contributed by atoms with Gasteiger partial charge < -0.3 is 10.1 Å². The van der Waals surface area contributed by atoms with E-state index in [2.05, 4.69) is 42.0 Å². The molecule has 1 amide bonds. The Hall–Kier alpha value is -1.13. The second-order valence-electron chi connectivity index (χ2n) is 7.96. The number of hydrogen-bond acceptors (Lipinski definition) is 7. The second-order valence-corrected chi connectivity index (χ2v) is 12.0. The number of nitrogens with zero attached hydrogens (tertiary/aromatic N) is 2. The minimum Gasteiger partial charge on any atom is -0.369 e. The molecular weight excluding hydrogens is 526 g/mol. The van der Waals surface area contributed by atoms with Crippen LogP contribution in [0.2, 0.25) is 0 Å². The number of carbonyl (C=O) groups is 1. The van der Waals surface area contributed by atoms with Crippen LogP contribution in [0.15, 0.2) is 38.9 Å². The highest BCUT2D eigenvalue weighted by atomic mass is 79.9. The fourth-order valence-electron chi connectivity index (χ4n) is 3.47. The molecule has 0 fully saturated rings. The molecule has 0 saturated heterocycles. The molecule has 1 N–H and O–H groups in total. The topological polar surface area (TPSA) is 64.1 Å². The molecule has 2 aromatic heterocycles. The zero-order chi connectivity index (χ0) is 22.7. The van der Waals surface area contributed by atoms with Crippen molar-refractivity contribution in [3.05, 3.63) is 39.2 Å². The van der Waals surface area contributed by atoms with Crippen LogP contribution in [0.3, 0.4) is 0 Å². The van der Waals surface area contributed by atoms with Crippen molar-refractivity contribution >= 4 is 72.6 Å². The molecule has 0 saturated carbocycles. The molecular formula is C23H26BrN3O2S3. The van der Waals surface area contributed by atoms with Gasteiger partial charge in [0.15, 0.2) is 5.16 Å². The number of carbonyl (C=O) groups excluding carboxylic acids is 1. The first kappa shape index (κ1) is 24.0. The lowest BCUT2D eigenvalue weighted by Gasteiger charge is -2.33. The summed E-state index contributed by atoms with van der Waals surface area (Å²) in [5.41, 5.74) is 1.91. The molecule has 32 heavy (non-hydrogen) atoms. The molecule has 1 aliphatic rings. The molecule has 9 heteroatoms. The van der Waals surface area contributed by atoms with E-state index in [1.165, 1.54) is 22.2 Å². The summed E-state index contributed by atoms with van der Waals surface area (Å²) in [6.07, 6.45) is 2.86. The quantitative estimate of drug-likeness (QED) is 0.186. The van der Waals surface area contributed by atoms with Crippen molar-refractivity contribution in [3.8, 4) is 0 Å². The summed E-state index contributed by atoms with van der Waals surface area (Å²) in [4.78, 5) is 24.6. The first-order valence-electron chi connectivity index (χ1n) is 10.7. The lowest BCUT2D eigenvalue weighted by atomic mass is 9.90. The van der Waals surface area contributed by atoms with Gasteiger partial charge in [-0.05, 0) is 49.6 Å². The molecule has 3 heterocycles. The SMILES string of the molecule is CCCSc1nc(SCC(=O)Nc2ccc(Br)cc2)c2c3c(sc2n1)COC(C)(CC)C3. The van der Waals surface area contributed by atoms with Crippen LogP contribution in [-0.2, 0) is 22.6 Å². The minimum absolute atomic E-state index is 0.0438. The van der Waals surface area contributed by atoms with E-state index in [0.717, 1.165) is 55.6 Å². The van der Waals surface area contributed by atoms with Crippen molar-refractivity contribution in [1.29, 1.82) is 0 Å². The van der Waals surface area contributed by atoms with Gasteiger partial charge >= 0.3 is 0 Å². The number of fused-ring (bicyclic) bond motifs is 3. The molecule has 1 unspecified atom stereocenters. The van der Waals surface area contributed by atoms with Gasteiger partial charge in [-0.1, -0.05) is 53.3 Å². The number of benzene rings is 1. The van der Waals surface area contributed by atoms with Gasteiger partial charge in [0.25, 0.3) is 0 Å². The Morgan fingerprint density at radius 3 is 2.75 bits per heavy atom. The molecule has 3 aromatic rings. The highest BCUT2D eigenvalue weighted by Crippen LogP contribution is 2.43. The van der Waals surface area contributed by atoms with E-state index in [9.17, 15) is 4.79 Å². The molecule has 4 rings (SSSR count). The zero-order valence-electron chi connectivity index (χ0n) is 18.4. The number of anilines is 1. The van der Waals surface area contributed by atoms with Crippen LogP contribution in [0, 0.1) is 0 Å². The fourth-order valence-corrected chi connectivity index (χ4v) is 6.57. The maximum atomic E-state index is 12.6. The smallest absolute Gasteiger partial charge is 0.234 e. The second kappa shape index (κ2) is 10.4. The lowest BCUT2D eigenvalue weighted by Crippen LogP contribution is -2.33. The van der Waals surface area contributed by atoms with Crippen LogP contribution in [0.4, 0.5) is 5.69 Å². The number of rotatable bonds is 8. The van der Waals surface area contributed by atoms with Gasteiger partial charge in [-0.2, -0.15) is 0 Å². The standard InChI is InChI=1S/C23H26BrN3O2S3/c1-4-10-30-22-26-20(31-13-18(28)25-15-8-6-14(24)7-9-15)19-16-11-23(3,5-2)29-12-17(16)32-21(19)27-22/h6-9H,4-5,10-13H2,1-3H3,(H,25,28). The fraction of sp³-hybridized carbons (Fsp3) is 0.435. The third-order valence-electron chi connectivity index (χ3n) is 5.43. The van der Waals surface area contributed by atoms with Crippen molar-refractivity contribution in [2.24, 2.45) is 0 Å². The van der Waals surface area contributed by atoms with Gasteiger partial charge in [0.1, 0.15) is 9.86 Å². The number of amides is 1. The third kappa shape index (κ3) is 5.50. The Morgan fingerprint density at radius 2 is 2.03 bits per heavy atom. The van der Waals surface area contributed by atoms with Gasteiger partial charge in [-0.15, -0.1) is 11.3 Å². The molecule has 1 aromatic carbocycles. The average Bonchev–Trinajstić information content (AvgIpc) is 3.15. The predicted octanol–water partition coefficient (Wildman–Crippen LogP) is 6.93. The Labute approximate surface area is 209 Å². The maximum Gasteiger partial charge on any atom is 0.234 e. The van der Waals surface area contributed by atoms with Crippen molar-refractivity contribution in [1.82, 2.24) is 9.97 Å². The van der Waals surface area contributed by atoms with Crippen LogP contribution >= 0.6 is 50.8 Å². The predicted molar refractivity (Wildman–Crippen MR) is 139 cm³/mol. The van der Waals surface area contributed by atoms with Gasteiger partial charge in [0.05, 0.1) is 18.0 Å². The van der Waals surface area contributed by atoms with Crippen molar-refractivity contribution in [2.45, 2.75) is 62.4 Å². The number of nitrogens with one attached hydrogen (secondary N) is 1. The molecule has 5 nitrogen and oxygen atoms in total. The summed E-state index contributed by atoms with van der Waals surface area (Å²) in [5.74, 6) is 1.23. The monoisotopic (exact) mass is 551 g/mol. The van der Waals surface area contributed by atoms with Gasteiger partial charge in [-0.3, -0.25) is 4.79 Å². The van der Waals surface area contributed by atoms with E-state index in [1.54, 1.807) is 23.1 Å². The van der Waals surface area contributed by atoms with E-state index in [1.807, 2.05) is 24.3 Å². The summed E-state index contributed by atoms with van der Waals surface area (Å²) in [6.45, 7) is 7.11. The molecule has 1 aliphatic heterocycles. The molecule has 0 bridgehead atoms. The molecule has 0 radical (unpaired) electrons. The van der Waals surface area contributed by atoms with Crippen LogP contribution in [-0.4, -0.2) is 33.0 Å². The number of ether oxygens (including phenoxy) is 1. The van der Waals surface area contributed by atoms with Gasteiger partial charge in [-0.25, -0.2) is 9.97 Å². The molecule has 0 aliphatic carbocycles. The normalized spacial score (nSPS) is 18.0. The highest BCUT2D eigenvalue weighted by Gasteiger charge is 2.33. The number of halogens is 1. The summed E-state index contributed by atoms with van der Waals surface area (Å²) >= 11 is 8.29. The van der Waals surface area contributed by atoms with Crippen LogP contribution < -0.4 is 5.32 Å². The number of hydrogen-bond donors (Lipinski definition) is 1. The molecule has 0 spiro atoms. The van der Waals surface area contributed by atoms with Crippen molar-refractivity contribution in [3.63, 3.8) is 0 Å². The molecule has 170 valence electrons. The maximum absolute atomic E-state index is 12.6. The van der Waals surface area contributed by atoms with E-state index in [4.69, 9.17) is 14.7 Å². The van der Waals surface area contributed by atoms with Crippen LogP contribution in [0.25, 0.3) is 10.2 Å². The lowest BCUT2D eigenvalue weighted by molar-refractivity contribution is -0.113. The summed E-state index contributed by atoms with van der Waals surface area (Å²) in [5, 5.41) is 5.76. The third-order valence-corrected chi connectivity index (χ3v) is 9.09. The van der Waals surface area contributed by atoms with Crippen molar-refractivity contribution in [2.75, 3.05) is 16.8 Å². The zero-order valence-corrected chi connectivity index (χ0v) is 22.4. The average molecular weight is 553 g/mol. The Bertz CT molecular complexity index is 1120. The highest BCUT2D eigenvalue weighted by molar-refractivity contribution is 9.10. The summed E-state index contributed by atoms with van der Waals surface area (Å²) in [7, 11) is 0. The van der Waals surface area contributed by atoms with Crippen molar-refractivity contribution < 1.29 is 9.53 Å². The van der Waals surface area contributed by atoms with E-state index < -0.39 is 0 Å². The van der Waals surface area contributed by atoms with Gasteiger partial charge in [0.2, 0.25) is 5.91 Å². The minimum atomic E-state index is -0.169. The molecule has 1 atom stereocenters. The Kier molecular flexibility index (Phi) is 7.82. The van der Waals surface area contributed by atoms with E-state index in [-0.39, 0.29) is 11.5 Å². The first-order valence-corrected chi connectivity index (χ1v) is 14.3. The van der Waals surface area contributed by atoms with Crippen LogP contribution in [0.1, 0.15) is 44.1 Å². The van der Waals surface area contributed by atoms with E-state index >= 15 is 0 Å². The Morgan fingerprint density at radius 1 is 1.25 bits per heavy atom. The number of thiophene rings is 1. The largest absolute Gasteiger partial charge is 0.369 e. The first-order chi connectivity index (χ1) is 15.4. The number of aromatic nitrogens is 2. The van der Waals surface area contributed by atoms with E-state index in [0.29, 0.717) is 12.4 Å². The summed E-state index contributed by atoms with van der Waals surface area (Å²) in [6, 6.07) is 7.60.